The Bertz CT molecular complexity index is 235. The van der Waals surface area contributed by atoms with Crippen molar-refractivity contribution >= 4 is 28.5 Å². The highest BCUT2D eigenvalue weighted by Gasteiger charge is 2.09. The van der Waals surface area contributed by atoms with Crippen molar-refractivity contribution in [3.05, 3.63) is 28.7 Å². The van der Waals surface area contributed by atoms with Crippen molar-refractivity contribution in [3.8, 4) is 0 Å². The van der Waals surface area contributed by atoms with E-state index in [0.717, 1.165) is 4.47 Å². The molecule has 1 rings (SSSR count). The van der Waals surface area contributed by atoms with Crippen LogP contribution in [0.15, 0.2) is 28.7 Å². The molecule has 0 amide bonds. The van der Waals surface area contributed by atoms with Gasteiger partial charge in [-0.1, -0.05) is 28.1 Å². The minimum Gasteiger partial charge on any atom is -0.423 e. The molecule has 0 heterocycles. The lowest BCUT2D eigenvalue weighted by molar-refractivity contribution is 0.426. The van der Waals surface area contributed by atoms with E-state index in [4.69, 9.17) is 10.0 Å². The molecular weight excluding hydrogens is 195 g/mol. The first-order valence-electron chi connectivity index (χ1n) is 2.82. The van der Waals surface area contributed by atoms with E-state index in [9.17, 15) is 0 Å². The lowest BCUT2D eigenvalue weighted by atomic mass is 9.81. The summed E-state index contributed by atoms with van der Waals surface area (Å²) in [6.45, 7) is 0. The lowest BCUT2D eigenvalue weighted by Crippen LogP contribution is -2.29. The first-order chi connectivity index (χ1) is 4.70. The minimum absolute atomic E-state index is 0. The average molecular weight is 205 g/mol. The lowest BCUT2D eigenvalue weighted by Gasteiger charge is -1.97. The summed E-state index contributed by atoms with van der Waals surface area (Å²) in [7, 11) is -1.38. The summed E-state index contributed by atoms with van der Waals surface area (Å²) in [6, 6.07) is 6.88. The van der Waals surface area contributed by atoms with Gasteiger partial charge in [-0.2, -0.15) is 0 Å². The monoisotopic (exact) mass is 204 g/mol. The number of hydrogen-bond acceptors (Lipinski definition) is 2. The maximum absolute atomic E-state index is 8.68. The molecule has 0 aliphatic rings. The maximum atomic E-state index is 8.68. The Kier molecular flexibility index (Phi) is 2.48. The van der Waals surface area contributed by atoms with E-state index in [1.807, 2.05) is 6.07 Å². The zero-order valence-electron chi connectivity index (χ0n) is 5.16. The second-order valence-electron chi connectivity index (χ2n) is 1.93. The van der Waals surface area contributed by atoms with Crippen molar-refractivity contribution < 1.29 is 12.9 Å². The van der Waals surface area contributed by atoms with E-state index >= 15 is 0 Å². The van der Waals surface area contributed by atoms with Gasteiger partial charge in [-0.25, -0.2) is 0 Å². The zero-order valence-corrected chi connectivity index (χ0v) is 6.75. The van der Waals surface area contributed by atoms with Gasteiger partial charge in [0.1, 0.15) is 0 Å². The Morgan fingerprint density at radius 1 is 1.40 bits per heavy atom. The van der Waals surface area contributed by atoms with Crippen LogP contribution in [0.4, 0.5) is 0 Å². The fraction of sp³-hybridized carbons (Fsp3) is 0. The Hall–Kier alpha value is -0.315. The molecule has 0 aliphatic heterocycles. The molecule has 2 N–H and O–H groups in total. The molecule has 0 aliphatic carbocycles. The zero-order chi connectivity index (χ0) is 7.56. The van der Waals surface area contributed by atoms with E-state index in [0.29, 0.717) is 5.46 Å². The standard InChI is InChI=1S/C6H6BBrO2.2H2/c8-6-3-1-2-5(4-6)7(9)10;;/h1-4,9-10H;2*1H. The molecule has 56 valence electrons. The predicted molar refractivity (Wildman–Crippen MR) is 48.2 cm³/mol. The van der Waals surface area contributed by atoms with Gasteiger partial charge in [-0.3, -0.25) is 0 Å². The molecule has 0 aromatic heterocycles. The third-order valence-electron chi connectivity index (χ3n) is 1.15. The van der Waals surface area contributed by atoms with Gasteiger partial charge in [0.25, 0.3) is 0 Å². The summed E-state index contributed by atoms with van der Waals surface area (Å²) in [4.78, 5) is 0. The Labute approximate surface area is 70.7 Å². The van der Waals surface area contributed by atoms with Crippen LogP contribution in [-0.2, 0) is 0 Å². The van der Waals surface area contributed by atoms with Gasteiger partial charge < -0.3 is 10.0 Å². The van der Waals surface area contributed by atoms with Crippen molar-refractivity contribution in [2.45, 2.75) is 0 Å². The van der Waals surface area contributed by atoms with Crippen molar-refractivity contribution in [3.63, 3.8) is 0 Å². The van der Waals surface area contributed by atoms with Gasteiger partial charge in [0.15, 0.2) is 0 Å². The molecule has 1 aromatic carbocycles. The van der Waals surface area contributed by atoms with E-state index in [2.05, 4.69) is 15.9 Å². The molecule has 0 radical (unpaired) electrons. The van der Waals surface area contributed by atoms with Crippen LogP contribution >= 0.6 is 15.9 Å². The first-order valence-corrected chi connectivity index (χ1v) is 3.61. The molecule has 0 unspecified atom stereocenters. The predicted octanol–water partition coefficient (Wildman–Crippen LogP) is 0.621. The summed E-state index contributed by atoms with van der Waals surface area (Å²) in [5.41, 5.74) is 0.495. The van der Waals surface area contributed by atoms with Crippen LogP contribution in [0.5, 0.6) is 0 Å². The van der Waals surface area contributed by atoms with Crippen LogP contribution in [0.25, 0.3) is 0 Å². The van der Waals surface area contributed by atoms with Crippen LogP contribution in [0.1, 0.15) is 2.85 Å². The second kappa shape index (κ2) is 3.19. The Morgan fingerprint density at radius 3 is 2.50 bits per heavy atom. The van der Waals surface area contributed by atoms with Crippen LogP contribution in [0.2, 0.25) is 0 Å². The summed E-state index contributed by atoms with van der Waals surface area (Å²) < 4.78 is 0.845. The molecule has 4 heteroatoms. The maximum Gasteiger partial charge on any atom is 0.488 e. The van der Waals surface area contributed by atoms with Crippen molar-refractivity contribution in [2.24, 2.45) is 0 Å². The average Bonchev–Trinajstić information content (AvgIpc) is 1.88. The Balaban J connectivity index is 0. The minimum atomic E-state index is -1.38. The molecular formula is C6H10BBrO2. The number of halogens is 1. The second-order valence-corrected chi connectivity index (χ2v) is 2.84. The summed E-state index contributed by atoms with van der Waals surface area (Å²) in [5, 5.41) is 17.4. The van der Waals surface area contributed by atoms with Gasteiger partial charge in [-0.05, 0) is 17.6 Å². The molecule has 1 aromatic rings. The highest BCUT2D eigenvalue weighted by molar-refractivity contribution is 9.10. The van der Waals surface area contributed by atoms with E-state index in [1.165, 1.54) is 0 Å². The summed E-state index contributed by atoms with van der Waals surface area (Å²) >= 11 is 3.21. The SMILES string of the molecule is OB(O)c1cccc(Br)c1.[HH].[HH]. The number of benzene rings is 1. The molecule has 0 saturated heterocycles. The quantitative estimate of drug-likeness (QED) is 0.659. The summed E-state index contributed by atoms with van der Waals surface area (Å²) in [6.07, 6.45) is 0. The molecule has 2 nitrogen and oxygen atoms in total. The summed E-state index contributed by atoms with van der Waals surface area (Å²) in [5.74, 6) is 0. The topological polar surface area (TPSA) is 40.5 Å². The molecule has 10 heavy (non-hydrogen) atoms. The highest BCUT2D eigenvalue weighted by atomic mass is 79.9. The van der Waals surface area contributed by atoms with Crippen molar-refractivity contribution in [1.82, 2.24) is 0 Å². The molecule has 0 atom stereocenters. The van der Waals surface area contributed by atoms with E-state index in [-0.39, 0.29) is 2.85 Å². The van der Waals surface area contributed by atoms with Gasteiger partial charge in [-0.15, -0.1) is 0 Å². The normalized spacial score (nSPS) is 9.50. The highest BCUT2D eigenvalue weighted by Crippen LogP contribution is 2.04. The first kappa shape index (κ1) is 7.79. The van der Waals surface area contributed by atoms with E-state index < -0.39 is 7.12 Å². The molecule has 0 spiro atoms. The van der Waals surface area contributed by atoms with Gasteiger partial charge >= 0.3 is 7.12 Å². The number of hydrogen-bond donors (Lipinski definition) is 2. The van der Waals surface area contributed by atoms with Gasteiger partial charge in [0.2, 0.25) is 0 Å². The van der Waals surface area contributed by atoms with Crippen molar-refractivity contribution in [2.75, 3.05) is 0 Å². The van der Waals surface area contributed by atoms with Crippen LogP contribution in [-0.4, -0.2) is 17.2 Å². The van der Waals surface area contributed by atoms with Gasteiger partial charge in [0.05, 0.1) is 0 Å². The largest absolute Gasteiger partial charge is 0.488 e. The number of rotatable bonds is 1. The Morgan fingerprint density at radius 2 is 2.10 bits per heavy atom. The van der Waals surface area contributed by atoms with Crippen LogP contribution < -0.4 is 5.46 Å². The third-order valence-corrected chi connectivity index (χ3v) is 1.64. The van der Waals surface area contributed by atoms with Crippen molar-refractivity contribution in [1.29, 1.82) is 0 Å². The van der Waals surface area contributed by atoms with Crippen LogP contribution in [0, 0.1) is 0 Å². The molecule has 0 saturated carbocycles. The van der Waals surface area contributed by atoms with E-state index in [1.54, 1.807) is 18.2 Å². The molecule has 0 bridgehead atoms. The smallest absolute Gasteiger partial charge is 0.423 e. The van der Waals surface area contributed by atoms with Gasteiger partial charge in [0, 0.05) is 7.33 Å². The fourth-order valence-corrected chi connectivity index (χ4v) is 1.08. The van der Waals surface area contributed by atoms with Crippen LogP contribution in [0.3, 0.4) is 0 Å². The third kappa shape index (κ3) is 1.83. The molecule has 0 fully saturated rings. The fourth-order valence-electron chi connectivity index (χ4n) is 0.667.